The van der Waals surface area contributed by atoms with E-state index in [0.29, 0.717) is 18.2 Å². The summed E-state index contributed by atoms with van der Waals surface area (Å²) >= 11 is 0. The van der Waals surface area contributed by atoms with Gasteiger partial charge in [-0.3, -0.25) is 4.79 Å². The number of rotatable bonds is 5. The van der Waals surface area contributed by atoms with Crippen molar-refractivity contribution in [1.29, 1.82) is 0 Å². The van der Waals surface area contributed by atoms with Gasteiger partial charge < -0.3 is 10.6 Å². The molecule has 1 aromatic heterocycles. The molecule has 1 fully saturated rings. The van der Waals surface area contributed by atoms with Crippen LogP contribution in [0, 0.1) is 6.92 Å². The van der Waals surface area contributed by atoms with Crippen LogP contribution in [0.5, 0.6) is 0 Å². The fourth-order valence-electron chi connectivity index (χ4n) is 2.96. The van der Waals surface area contributed by atoms with Crippen molar-refractivity contribution in [3.8, 4) is 0 Å². The highest BCUT2D eigenvalue weighted by molar-refractivity contribution is 5.92. The van der Waals surface area contributed by atoms with E-state index in [1.807, 2.05) is 0 Å². The Kier molecular flexibility index (Phi) is 5.41. The smallest absolute Gasteiger partial charge is 0.270 e. The van der Waals surface area contributed by atoms with E-state index in [9.17, 15) is 4.79 Å². The van der Waals surface area contributed by atoms with Crippen LogP contribution in [-0.4, -0.2) is 21.9 Å². The quantitative estimate of drug-likeness (QED) is 0.884. The molecule has 0 radical (unpaired) electrons. The van der Waals surface area contributed by atoms with Gasteiger partial charge in [-0.2, -0.15) is 0 Å². The Bertz CT molecular complexity index is 678. The zero-order chi connectivity index (χ0) is 16.8. The molecule has 0 atom stereocenters. The van der Waals surface area contributed by atoms with Gasteiger partial charge in [0.25, 0.3) is 5.91 Å². The summed E-state index contributed by atoms with van der Waals surface area (Å²) < 4.78 is 0. The van der Waals surface area contributed by atoms with Crippen molar-refractivity contribution in [2.24, 2.45) is 0 Å². The lowest BCUT2D eigenvalue weighted by atomic mass is 9.95. The molecule has 24 heavy (non-hydrogen) atoms. The fourth-order valence-corrected chi connectivity index (χ4v) is 2.96. The normalized spacial score (nSPS) is 15.0. The first-order valence-electron chi connectivity index (χ1n) is 8.64. The second-order valence-corrected chi connectivity index (χ2v) is 6.41. The molecule has 1 heterocycles. The molecule has 1 aliphatic rings. The Labute approximate surface area is 142 Å². The summed E-state index contributed by atoms with van der Waals surface area (Å²) in [5, 5.41) is 6.26. The second-order valence-electron chi connectivity index (χ2n) is 6.41. The predicted octanol–water partition coefficient (Wildman–Crippen LogP) is 3.46. The number of aromatic nitrogens is 2. The van der Waals surface area contributed by atoms with Gasteiger partial charge in [0.1, 0.15) is 5.69 Å². The lowest BCUT2D eigenvalue weighted by molar-refractivity contribution is 0.0922. The maximum absolute atomic E-state index is 12.3. The Morgan fingerprint density at radius 3 is 2.62 bits per heavy atom. The molecule has 126 valence electrons. The summed E-state index contributed by atoms with van der Waals surface area (Å²) in [4.78, 5) is 20.9. The van der Waals surface area contributed by atoms with E-state index in [-0.39, 0.29) is 11.9 Å². The molecule has 0 spiro atoms. The number of amides is 1. The van der Waals surface area contributed by atoms with Crippen LogP contribution in [0.4, 0.5) is 5.95 Å². The Balaban J connectivity index is 1.58. The predicted molar refractivity (Wildman–Crippen MR) is 94.9 cm³/mol. The maximum Gasteiger partial charge on any atom is 0.270 e. The van der Waals surface area contributed by atoms with Gasteiger partial charge in [0.15, 0.2) is 0 Å². The molecule has 1 amide bonds. The van der Waals surface area contributed by atoms with Crippen LogP contribution >= 0.6 is 0 Å². The van der Waals surface area contributed by atoms with E-state index in [1.165, 1.54) is 24.8 Å². The van der Waals surface area contributed by atoms with Gasteiger partial charge in [0.05, 0.1) is 0 Å². The third-order valence-electron chi connectivity index (χ3n) is 4.40. The second kappa shape index (κ2) is 7.90. The van der Waals surface area contributed by atoms with E-state index < -0.39 is 0 Å². The van der Waals surface area contributed by atoms with Crippen LogP contribution < -0.4 is 10.6 Å². The van der Waals surface area contributed by atoms with Crippen LogP contribution in [0.1, 0.15) is 53.7 Å². The van der Waals surface area contributed by atoms with Crippen molar-refractivity contribution < 1.29 is 4.79 Å². The fraction of sp³-hybridized carbons (Fsp3) is 0.421. The minimum Gasteiger partial charge on any atom is -0.350 e. The number of aryl methyl sites for hydroxylation is 1. The van der Waals surface area contributed by atoms with Gasteiger partial charge in [-0.25, -0.2) is 9.97 Å². The highest BCUT2D eigenvalue weighted by Gasteiger charge is 2.17. The minimum absolute atomic E-state index is 0.109. The summed E-state index contributed by atoms with van der Waals surface area (Å²) in [6.07, 6.45) is 7.41. The summed E-state index contributed by atoms with van der Waals surface area (Å²) in [5.74, 6) is 0.370. The van der Waals surface area contributed by atoms with E-state index in [2.05, 4.69) is 51.8 Å². The number of benzene rings is 1. The standard InChI is InChI=1S/C19H24N4O/c1-14-7-9-15(10-8-14)13-21-19-20-12-11-17(23-19)18(24)22-16-5-3-2-4-6-16/h7-12,16H,2-6,13H2,1H3,(H,22,24)(H,20,21,23). The molecular formula is C19H24N4O. The number of carbonyl (C=O) groups excluding carboxylic acids is 1. The number of nitrogens with one attached hydrogen (secondary N) is 2. The van der Waals surface area contributed by atoms with Gasteiger partial charge in [0, 0.05) is 18.8 Å². The first kappa shape index (κ1) is 16.4. The monoisotopic (exact) mass is 324 g/mol. The molecule has 1 saturated carbocycles. The first-order chi connectivity index (χ1) is 11.7. The highest BCUT2D eigenvalue weighted by atomic mass is 16.1. The zero-order valence-corrected chi connectivity index (χ0v) is 14.1. The number of hydrogen-bond acceptors (Lipinski definition) is 4. The van der Waals surface area contributed by atoms with Crippen molar-refractivity contribution in [3.63, 3.8) is 0 Å². The van der Waals surface area contributed by atoms with Gasteiger partial charge >= 0.3 is 0 Å². The van der Waals surface area contributed by atoms with Crippen molar-refractivity contribution in [2.75, 3.05) is 5.32 Å². The lowest BCUT2D eigenvalue weighted by Gasteiger charge is -2.22. The van der Waals surface area contributed by atoms with Crippen molar-refractivity contribution in [2.45, 2.75) is 51.6 Å². The third-order valence-corrected chi connectivity index (χ3v) is 4.40. The Morgan fingerprint density at radius 1 is 1.12 bits per heavy atom. The third kappa shape index (κ3) is 4.54. The van der Waals surface area contributed by atoms with Gasteiger partial charge in [0.2, 0.25) is 5.95 Å². The van der Waals surface area contributed by atoms with Crippen LogP contribution in [-0.2, 0) is 6.54 Å². The largest absolute Gasteiger partial charge is 0.350 e. The van der Waals surface area contributed by atoms with Crippen LogP contribution in [0.2, 0.25) is 0 Å². The van der Waals surface area contributed by atoms with E-state index in [0.717, 1.165) is 18.4 Å². The number of nitrogens with zero attached hydrogens (tertiary/aromatic N) is 2. The van der Waals surface area contributed by atoms with E-state index in [4.69, 9.17) is 0 Å². The molecule has 5 nitrogen and oxygen atoms in total. The molecule has 0 saturated heterocycles. The molecule has 1 aliphatic carbocycles. The molecule has 3 rings (SSSR count). The number of hydrogen-bond donors (Lipinski definition) is 2. The van der Waals surface area contributed by atoms with Gasteiger partial charge in [-0.1, -0.05) is 49.1 Å². The molecular weight excluding hydrogens is 300 g/mol. The van der Waals surface area contributed by atoms with Crippen molar-refractivity contribution >= 4 is 11.9 Å². The molecule has 2 aromatic rings. The Hall–Kier alpha value is -2.43. The SMILES string of the molecule is Cc1ccc(CNc2nccc(C(=O)NC3CCCCC3)n2)cc1. The molecule has 2 N–H and O–H groups in total. The van der Waals surface area contributed by atoms with Crippen molar-refractivity contribution in [3.05, 3.63) is 53.3 Å². The first-order valence-corrected chi connectivity index (χ1v) is 8.64. The maximum atomic E-state index is 12.3. The van der Waals surface area contributed by atoms with Crippen LogP contribution in [0.15, 0.2) is 36.5 Å². The zero-order valence-electron chi connectivity index (χ0n) is 14.1. The molecule has 1 aromatic carbocycles. The van der Waals surface area contributed by atoms with Gasteiger partial charge in [-0.05, 0) is 31.4 Å². The lowest BCUT2D eigenvalue weighted by Crippen LogP contribution is -2.36. The van der Waals surface area contributed by atoms with Gasteiger partial charge in [-0.15, -0.1) is 0 Å². The molecule has 0 aliphatic heterocycles. The summed E-state index contributed by atoms with van der Waals surface area (Å²) in [6, 6.07) is 10.2. The Morgan fingerprint density at radius 2 is 1.88 bits per heavy atom. The highest BCUT2D eigenvalue weighted by Crippen LogP contribution is 2.17. The van der Waals surface area contributed by atoms with E-state index >= 15 is 0 Å². The van der Waals surface area contributed by atoms with Crippen LogP contribution in [0.3, 0.4) is 0 Å². The van der Waals surface area contributed by atoms with Crippen molar-refractivity contribution in [1.82, 2.24) is 15.3 Å². The average Bonchev–Trinajstić information content (AvgIpc) is 2.62. The summed E-state index contributed by atoms with van der Waals surface area (Å²) in [7, 11) is 0. The topological polar surface area (TPSA) is 66.9 Å². The molecule has 0 bridgehead atoms. The average molecular weight is 324 g/mol. The molecule has 5 heteroatoms. The summed E-state index contributed by atoms with van der Waals surface area (Å²) in [5.41, 5.74) is 2.81. The minimum atomic E-state index is -0.109. The summed E-state index contributed by atoms with van der Waals surface area (Å²) in [6.45, 7) is 2.70. The van der Waals surface area contributed by atoms with E-state index in [1.54, 1.807) is 12.3 Å². The number of anilines is 1. The number of carbonyl (C=O) groups is 1. The van der Waals surface area contributed by atoms with Crippen LogP contribution in [0.25, 0.3) is 0 Å². The molecule has 0 unspecified atom stereocenters.